The third-order valence-corrected chi connectivity index (χ3v) is 3.86. The largest absolute Gasteiger partial charge is 0.481 e. The Bertz CT molecular complexity index is 384. The minimum atomic E-state index is -0.679. The Balaban J connectivity index is 1.90. The highest BCUT2D eigenvalue weighted by Crippen LogP contribution is 2.31. The molecule has 0 amide bonds. The van der Waals surface area contributed by atoms with Crippen LogP contribution in [0.15, 0.2) is 30.3 Å². The third kappa shape index (κ3) is 2.50. The Morgan fingerprint density at radius 1 is 1.29 bits per heavy atom. The van der Waals surface area contributed by atoms with Crippen LogP contribution in [0.5, 0.6) is 0 Å². The van der Waals surface area contributed by atoms with Crippen LogP contribution in [0.2, 0.25) is 0 Å². The highest BCUT2D eigenvalue weighted by molar-refractivity contribution is 5.70. The molecule has 2 atom stereocenters. The summed E-state index contributed by atoms with van der Waals surface area (Å²) in [6.07, 6.45) is 0. The van der Waals surface area contributed by atoms with Crippen molar-refractivity contribution in [3.05, 3.63) is 35.9 Å². The number of carboxylic acids is 1. The van der Waals surface area contributed by atoms with Crippen molar-refractivity contribution in [1.82, 2.24) is 4.90 Å². The molecule has 0 aliphatic carbocycles. The molecule has 1 aliphatic rings. The van der Waals surface area contributed by atoms with Gasteiger partial charge >= 0.3 is 5.97 Å². The molecule has 0 spiro atoms. The quantitative estimate of drug-likeness (QED) is 0.868. The topological polar surface area (TPSA) is 40.5 Å². The van der Waals surface area contributed by atoms with Crippen molar-refractivity contribution < 1.29 is 9.90 Å². The smallest absolute Gasteiger partial charge is 0.306 e. The van der Waals surface area contributed by atoms with Crippen LogP contribution in [-0.4, -0.2) is 29.1 Å². The summed E-state index contributed by atoms with van der Waals surface area (Å²) in [5.41, 5.74) is 1.30. The van der Waals surface area contributed by atoms with Crippen LogP contribution < -0.4 is 0 Å². The van der Waals surface area contributed by atoms with Gasteiger partial charge in [-0.2, -0.15) is 0 Å². The second-order valence-corrected chi connectivity index (χ2v) is 4.93. The minimum absolute atomic E-state index is 0.228. The summed E-state index contributed by atoms with van der Waals surface area (Å²) in [5.74, 6) is -0.602. The number of aliphatic carboxylic acids is 1. The van der Waals surface area contributed by atoms with Crippen molar-refractivity contribution in [2.75, 3.05) is 13.1 Å². The number of carboxylic acid groups (broad SMARTS) is 1. The summed E-state index contributed by atoms with van der Waals surface area (Å²) in [6.45, 7) is 5.77. The molecule has 0 aromatic heterocycles. The molecule has 17 heavy (non-hydrogen) atoms. The highest BCUT2D eigenvalue weighted by atomic mass is 16.4. The molecule has 1 aromatic carbocycles. The van der Waals surface area contributed by atoms with E-state index < -0.39 is 5.97 Å². The van der Waals surface area contributed by atoms with E-state index in [1.54, 1.807) is 6.92 Å². The van der Waals surface area contributed by atoms with Gasteiger partial charge in [-0.1, -0.05) is 37.3 Å². The lowest BCUT2D eigenvalue weighted by Gasteiger charge is -2.45. The van der Waals surface area contributed by atoms with E-state index in [1.165, 1.54) is 5.56 Å². The van der Waals surface area contributed by atoms with Crippen LogP contribution in [0.4, 0.5) is 0 Å². The second-order valence-electron chi connectivity index (χ2n) is 4.93. The van der Waals surface area contributed by atoms with Gasteiger partial charge in [0.05, 0.1) is 5.92 Å². The van der Waals surface area contributed by atoms with Crippen molar-refractivity contribution in [3.63, 3.8) is 0 Å². The predicted octanol–water partition coefficient (Wildman–Crippen LogP) is 2.40. The molecule has 3 nitrogen and oxygen atoms in total. The van der Waals surface area contributed by atoms with Crippen molar-refractivity contribution in [2.24, 2.45) is 11.8 Å². The van der Waals surface area contributed by atoms with Gasteiger partial charge in [0.1, 0.15) is 0 Å². The first-order valence-corrected chi connectivity index (χ1v) is 6.11. The fraction of sp³-hybridized carbons (Fsp3) is 0.500. The molecule has 0 radical (unpaired) electrons. The Labute approximate surface area is 102 Å². The first-order valence-electron chi connectivity index (χ1n) is 6.11. The number of hydrogen-bond donors (Lipinski definition) is 1. The van der Waals surface area contributed by atoms with E-state index in [1.807, 2.05) is 18.2 Å². The number of rotatable bonds is 4. The van der Waals surface area contributed by atoms with Gasteiger partial charge in [-0.15, -0.1) is 0 Å². The fourth-order valence-electron chi connectivity index (χ4n) is 2.33. The van der Waals surface area contributed by atoms with Gasteiger partial charge in [0.25, 0.3) is 0 Å². The molecule has 0 bridgehead atoms. The van der Waals surface area contributed by atoms with E-state index in [0.29, 0.717) is 12.0 Å². The molecule has 1 saturated heterocycles. The molecule has 1 N–H and O–H groups in total. The molecule has 92 valence electrons. The lowest BCUT2D eigenvalue weighted by atomic mass is 9.85. The average molecular weight is 233 g/mol. The zero-order valence-electron chi connectivity index (χ0n) is 10.3. The third-order valence-electron chi connectivity index (χ3n) is 3.86. The van der Waals surface area contributed by atoms with E-state index in [2.05, 4.69) is 24.0 Å². The first-order chi connectivity index (χ1) is 8.09. The standard InChI is InChI=1S/C14H19NO2/c1-10(14(16)17)13-8-15(9-13)11(2)12-6-4-3-5-7-12/h3-7,10-11,13H,8-9H2,1-2H3,(H,16,17). The Hall–Kier alpha value is -1.35. The fourth-order valence-corrected chi connectivity index (χ4v) is 2.33. The van der Waals surface area contributed by atoms with E-state index in [4.69, 9.17) is 5.11 Å². The van der Waals surface area contributed by atoms with Gasteiger partial charge in [0.15, 0.2) is 0 Å². The summed E-state index contributed by atoms with van der Waals surface area (Å²) >= 11 is 0. The van der Waals surface area contributed by atoms with E-state index in [-0.39, 0.29) is 5.92 Å². The molecular weight excluding hydrogens is 214 g/mol. The minimum Gasteiger partial charge on any atom is -0.481 e. The number of benzene rings is 1. The number of nitrogens with zero attached hydrogens (tertiary/aromatic N) is 1. The van der Waals surface area contributed by atoms with Crippen molar-refractivity contribution in [1.29, 1.82) is 0 Å². The van der Waals surface area contributed by atoms with Crippen molar-refractivity contribution in [3.8, 4) is 0 Å². The molecule has 1 aliphatic heterocycles. The van der Waals surface area contributed by atoms with Crippen LogP contribution in [0.25, 0.3) is 0 Å². The number of hydrogen-bond acceptors (Lipinski definition) is 2. The molecule has 2 rings (SSSR count). The molecule has 3 heteroatoms. The Kier molecular flexibility index (Phi) is 3.48. The normalized spacial score (nSPS) is 20.6. The summed E-state index contributed by atoms with van der Waals surface area (Å²) < 4.78 is 0. The maximum Gasteiger partial charge on any atom is 0.306 e. The zero-order valence-corrected chi connectivity index (χ0v) is 10.3. The van der Waals surface area contributed by atoms with Crippen molar-refractivity contribution in [2.45, 2.75) is 19.9 Å². The van der Waals surface area contributed by atoms with Crippen LogP contribution >= 0.6 is 0 Å². The van der Waals surface area contributed by atoms with Gasteiger partial charge in [0, 0.05) is 19.1 Å². The van der Waals surface area contributed by atoms with Crippen LogP contribution in [-0.2, 0) is 4.79 Å². The second kappa shape index (κ2) is 4.88. The summed E-state index contributed by atoms with van der Waals surface area (Å²) in [6, 6.07) is 10.7. The average Bonchev–Trinajstić information content (AvgIpc) is 2.27. The van der Waals surface area contributed by atoms with Crippen LogP contribution in [0.3, 0.4) is 0 Å². The monoisotopic (exact) mass is 233 g/mol. The molecule has 2 unspecified atom stereocenters. The SMILES string of the molecule is CC(C(=O)O)C1CN(C(C)c2ccccc2)C1. The van der Waals surface area contributed by atoms with E-state index >= 15 is 0 Å². The Morgan fingerprint density at radius 3 is 2.41 bits per heavy atom. The lowest BCUT2D eigenvalue weighted by Crippen LogP contribution is -2.51. The number of likely N-dealkylation sites (tertiary alicyclic amines) is 1. The van der Waals surface area contributed by atoms with Crippen LogP contribution in [0.1, 0.15) is 25.5 Å². The summed E-state index contributed by atoms with van der Waals surface area (Å²) in [5, 5.41) is 8.94. The van der Waals surface area contributed by atoms with E-state index in [9.17, 15) is 4.79 Å². The molecule has 1 aromatic rings. The van der Waals surface area contributed by atoms with Crippen LogP contribution in [0, 0.1) is 11.8 Å². The Morgan fingerprint density at radius 2 is 1.88 bits per heavy atom. The zero-order chi connectivity index (χ0) is 12.4. The molecule has 0 saturated carbocycles. The molecule has 1 fully saturated rings. The summed E-state index contributed by atoms with van der Waals surface area (Å²) in [4.78, 5) is 13.2. The van der Waals surface area contributed by atoms with Gasteiger partial charge in [-0.25, -0.2) is 0 Å². The van der Waals surface area contributed by atoms with Gasteiger partial charge < -0.3 is 5.11 Å². The lowest BCUT2D eigenvalue weighted by molar-refractivity contribution is -0.146. The maximum atomic E-state index is 10.9. The molecule has 1 heterocycles. The number of carbonyl (C=O) groups is 1. The maximum absolute atomic E-state index is 10.9. The van der Waals surface area contributed by atoms with Crippen molar-refractivity contribution >= 4 is 5.97 Å². The first kappa shape index (κ1) is 12.1. The molecular formula is C14H19NO2. The summed E-state index contributed by atoms with van der Waals surface area (Å²) in [7, 11) is 0. The van der Waals surface area contributed by atoms with Gasteiger partial charge in [-0.3, -0.25) is 9.69 Å². The van der Waals surface area contributed by atoms with Gasteiger partial charge in [-0.05, 0) is 18.4 Å². The predicted molar refractivity (Wildman–Crippen MR) is 66.7 cm³/mol. The highest BCUT2D eigenvalue weighted by Gasteiger charge is 2.36. The van der Waals surface area contributed by atoms with Gasteiger partial charge in [0.2, 0.25) is 0 Å². The van der Waals surface area contributed by atoms with E-state index in [0.717, 1.165) is 13.1 Å².